The Hall–Kier alpha value is -4.93. The highest BCUT2D eigenvalue weighted by atomic mass is 35.5. The van der Waals surface area contributed by atoms with Gasteiger partial charge in [-0.3, -0.25) is 9.59 Å². The maximum Gasteiger partial charge on any atom is 0.255 e. The zero-order valence-electron chi connectivity index (χ0n) is 22.4. The number of carbonyl (C=O) groups excluding carboxylic acids is 2. The lowest BCUT2D eigenvalue weighted by Crippen LogP contribution is -2.23. The van der Waals surface area contributed by atoms with Crippen molar-refractivity contribution in [2.75, 3.05) is 16.8 Å². The zero-order chi connectivity index (χ0) is 28.4. The molecule has 0 heterocycles. The van der Waals surface area contributed by atoms with E-state index in [1.807, 2.05) is 78.9 Å². The van der Waals surface area contributed by atoms with Gasteiger partial charge in [0.25, 0.3) is 5.91 Å². The Kier molecular flexibility index (Phi) is 9.05. The van der Waals surface area contributed by atoms with Crippen LogP contribution in [0.2, 0.25) is 5.02 Å². The molecule has 6 aromatic rings. The van der Waals surface area contributed by atoms with E-state index in [-0.39, 0.29) is 5.91 Å². The van der Waals surface area contributed by atoms with Crippen molar-refractivity contribution in [2.24, 2.45) is 0 Å². The number of fused-ring (bicyclic) bond motifs is 2. The topological polar surface area (TPSA) is 49.4 Å². The van der Waals surface area contributed by atoms with Gasteiger partial charge in [-0.25, -0.2) is 0 Å². The number of anilines is 2. The fourth-order valence-corrected chi connectivity index (χ4v) is 4.69. The largest absolute Gasteiger partial charge is 0.322 e. The summed E-state index contributed by atoms with van der Waals surface area (Å²) in [6.07, 6.45) is 1.76. The second-order valence-electron chi connectivity index (χ2n) is 9.59. The highest BCUT2D eigenvalue weighted by Gasteiger charge is 2.08. The van der Waals surface area contributed by atoms with Crippen LogP contribution in [-0.4, -0.2) is 18.9 Å². The number of amides is 2. The molecular formula is C36H29ClN2O2. The van der Waals surface area contributed by atoms with E-state index in [1.54, 1.807) is 29.2 Å². The van der Waals surface area contributed by atoms with E-state index in [0.717, 1.165) is 40.4 Å². The molecule has 0 saturated carbocycles. The first-order valence-electron chi connectivity index (χ1n) is 13.4. The summed E-state index contributed by atoms with van der Waals surface area (Å²) in [7, 11) is 0. The van der Waals surface area contributed by atoms with Gasteiger partial charge in [0.2, 0.25) is 6.41 Å². The Labute approximate surface area is 244 Å². The fourth-order valence-electron chi connectivity index (χ4n) is 4.56. The van der Waals surface area contributed by atoms with Crippen LogP contribution in [0.4, 0.5) is 11.4 Å². The minimum Gasteiger partial charge on any atom is -0.322 e. The molecule has 1 N–H and O–H groups in total. The number of nitrogens with zero attached hydrogens (tertiary/aromatic N) is 1. The highest BCUT2D eigenvalue weighted by molar-refractivity contribution is 6.30. The van der Waals surface area contributed by atoms with Gasteiger partial charge in [-0.05, 0) is 82.1 Å². The Morgan fingerprint density at radius 3 is 1.90 bits per heavy atom. The van der Waals surface area contributed by atoms with Gasteiger partial charge in [0.05, 0.1) is 0 Å². The van der Waals surface area contributed by atoms with Crippen molar-refractivity contribution in [3.05, 3.63) is 156 Å². The molecule has 2 amide bonds. The summed E-state index contributed by atoms with van der Waals surface area (Å²) < 4.78 is 0. The first kappa shape index (κ1) is 27.6. The van der Waals surface area contributed by atoms with Crippen molar-refractivity contribution < 1.29 is 9.59 Å². The smallest absolute Gasteiger partial charge is 0.255 e. The van der Waals surface area contributed by atoms with Crippen molar-refractivity contribution in [1.29, 1.82) is 0 Å². The van der Waals surface area contributed by atoms with Crippen LogP contribution in [0.25, 0.3) is 21.5 Å². The SMILES string of the molecule is O=C(Nc1ccc(Cl)cc1)c1ccc2ccccc2c1.O=CN(CCc1ccccc1)c1ccc2ccccc2c1. The third kappa shape index (κ3) is 7.38. The van der Waals surface area contributed by atoms with Crippen LogP contribution < -0.4 is 10.2 Å². The van der Waals surface area contributed by atoms with Crippen LogP contribution in [0.3, 0.4) is 0 Å². The van der Waals surface area contributed by atoms with Crippen LogP contribution in [-0.2, 0) is 11.2 Å². The van der Waals surface area contributed by atoms with Crippen molar-refractivity contribution in [3.8, 4) is 0 Å². The van der Waals surface area contributed by atoms with Crippen molar-refractivity contribution in [1.82, 2.24) is 0 Å². The highest BCUT2D eigenvalue weighted by Crippen LogP contribution is 2.22. The van der Waals surface area contributed by atoms with Crippen LogP contribution >= 0.6 is 11.6 Å². The van der Waals surface area contributed by atoms with Crippen LogP contribution in [0.15, 0.2) is 140 Å². The number of nitrogens with one attached hydrogen (secondary N) is 1. The minimum absolute atomic E-state index is 0.127. The molecule has 0 bridgehead atoms. The maximum absolute atomic E-state index is 12.2. The summed E-state index contributed by atoms with van der Waals surface area (Å²) in [5, 5.41) is 8.02. The van der Waals surface area contributed by atoms with Crippen LogP contribution in [0.5, 0.6) is 0 Å². The number of hydrogen-bond donors (Lipinski definition) is 1. The van der Waals surface area contributed by atoms with Gasteiger partial charge in [0.15, 0.2) is 0 Å². The first-order valence-corrected chi connectivity index (χ1v) is 13.8. The quantitative estimate of drug-likeness (QED) is 0.200. The summed E-state index contributed by atoms with van der Waals surface area (Å²) in [4.78, 5) is 25.4. The second kappa shape index (κ2) is 13.4. The maximum atomic E-state index is 12.2. The van der Waals surface area contributed by atoms with Gasteiger partial charge in [0, 0.05) is 28.5 Å². The molecule has 6 rings (SSSR count). The predicted octanol–water partition coefficient (Wildman–Crippen LogP) is 8.79. The summed E-state index contributed by atoms with van der Waals surface area (Å²) in [5.41, 5.74) is 3.55. The number of carbonyl (C=O) groups is 2. The standard InChI is InChI=1S/C19H17NO.C17H12ClNO/c21-15-20(13-12-16-6-2-1-3-7-16)19-11-10-17-8-4-5-9-18(17)14-19;18-15-7-9-16(10-8-15)19-17(20)14-6-5-12-3-1-2-4-13(12)11-14/h1-11,14-15H,12-13H2;1-11H,(H,19,20). The Morgan fingerprint density at radius 1 is 0.659 bits per heavy atom. The molecule has 202 valence electrons. The molecule has 0 aliphatic heterocycles. The third-order valence-corrected chi connectivity index (χ3v) is 7.04. The summed E-state index contributed by atoms with van der Waals surface area (Å²) in [5.74, 6) is -0.127. The number of hydrogen-bond acceptors (Lipinski definition) is 2. The van der Waals surface area contributed by atoms with Crippen molar-refractivity contribution in [3.63, 3.8) is 0 Å². The van der Waals surface area contributed by atoms with Gasteiger partial charge < -0.3 is 10.2 Å². The van der Waals surface area contributed by atoms with E-state index >= 15 is 0 Å². The number of halogens is 1. The van der Waals surface area contributed by atoms with Gasteiger partial charge in [-0.2, -0.15) is 0 Å². The summed E-state index contributed by atoms with van der Waals surface area (Å²) in [6, 6.07) is 45.2. The average Bonchev–Trinajstić information content (AvgIpc) is 3.03. The van der Waals surface area contributed by atoms with E-state index in [2.05, 4.69) is 41.7 Å². The fraction of sp³-hybridized carbons (Fsp3) is 0.0556. The third-order valence-electron chi connectivity index (χ3n) is 6.79. The monoisotopic (exact) mass is 556 g/mol. The Bertz CT molecular complexity index is 1770. The normalized spacial score (nSPS) is 10.5. The van der Waals surface area contributed by atoms with Crippen molar-refractivity contribution in [2.45, 2.75) is 6.42 Å². The number of rotatable bonds is 7. The van der Waals surface area contributed by atoms with Gasteiger partial charge >= 0.3 is 0 Å². The molecule has 0 atom stereocenters. The molecule has 4 nitrogen and oxygen atoms in total. The van der Waals surface area contributed by atoms with E-state index in [1.165, 1.54) is 10.9 Å². The minimum atomic E-state index is -0.127. The molecule has 5 heteroatoms. The van der Waals surface area contributed by atoms with E-state index in [9.17, 15) is 9.59 Å². The lowest BCUT2D eigenvalue weighted by atomic mass is 10.1. The lowest BCUT2D eigenvalue weighted by molar-refractivity contribution is -0.107. The molecule has 41 heavy (non-hydrogen) atoms. The number of benzene rings is 6. The molecule has 0 aliphatic rings. The summed E-state index contributed by atoms with van der Waals surface area (Å²) in [6.45, 7) is 0.686. The molecule has 0 radical (unpaired) electrons. The predicted molar refractivity (Wildman–Crippen MR) is 171 cm³/mol. The zero-order valence-corrected chi connectivity index (χ0v) is 23.2. The van der Waals surface area contributed by atoms with Gasteiger partial charge in [0.1, 0.15) is 0 Å². The lowest BCUT2D eigenvalue weighted by Gasteiger charge is -2.18. The molecule has 0 unspecified atom stereocenters. The molecule has 0 aromatic heterocycles. The molecule has 0 fully saturated rings. The first-order chi connectivity index (χ1) is 20.1. The van der Waals surface area contributed by atoms with E-state index in [4.69, 9.17) is 11.6 Å². The van der Waals surface area contributed by atoms with Gasteiger partial charge in [-0.15, -0.1) is 0 Å². The van der Waals surface area contributed by atoms with Crippen molar-refractivity contribution >= 4 is 56.8 Å². The Balaban J connectivity index is 0.000000165. The molecular weight excluding hydrogens is 528 g/mol. The van der Waals surface area contributed by atoms with Gasteiger partial charge in [-0.1, -0.05) is 103 Å². The molecule has 6 aromatic carbocycles. The molecule has 0 saturated heterocycles. The van der Waals surface area contributed by atoms with E-state index < -0.39 is 0 Å². The second-order valence-corrected chi connectivity index (χ2v) is 10.0. The van der Waals surface area contributed by atoms with E-state index in [0.29, 0.717) is 17.1 Å². The molecule has 0 spiro atoms. The summed E-state index contributed by atoms with van der Waals surface area (Å²) >= 11 is 5.82. The van der Waals surface area contributed by atoms with Crippen LogP contribution in [0, 0.1) is 0 Å². The average molecular weight is 557 g/mol. The van der Waals surface area contributed by atoms with Crippen LogP contribution in [0.1, 0.15) is 15.9 Å². The molecule has 0 aliphatic carbocycles. The Morgan fingerprint density at radius 2 is 1.24 bits per heavy atom.